The molecule has 0 aromatic heterocycles. The molecule has 0 heterocycles. The fraction of sp³-hybridized carbons (Fsp3) is 0.833. The summed E-state index contributed by atoms with van der Waals surface area (Å²) in [6.07, 6.45) is 4.36. The molecule has 0 aliphatic carbocycles. The van der Waals surface area contributed by atoms with Crippen LogP contribution in [0.3, 0.4) is 0 Å². The lowest BCUT2D eigenvalue weighted by Crippen LogP contribution is -2.13. The molecular weight excluding hydrogens is 192 g/mol. The first kappa shape index (κ1) is 14.1. The van der Waals surface area contributed by atoms with Gasteiger partial charge in [0.15, 0.2) is 0 Å². The van der Waals surface area contributed by atoms with Gasteiger partial charge in [0.25, 0.3) is 0 Å². The Balaban J connectivity index is 3.53. The maximum atomic E-state index is 10.7. The number of Topliss-reactive ketones (excluding diaryl/α,β-unsaturated/α-hetero) is 1. The molecule has 15 heavy (non-hydrogen) atoms. The second-order valence-corrected chi connectivity index (χ2v) is 4.53. The van der Waals surface area contributed by atoms with Crippen molar-refractivity contribution < 1.29 is 14.7 Å². The van der Waals surface area contributed by atoms with Crippen LogP contribution in [-0.2, 0) is 9.59 Å². The summed E-state index contributed by atoms with van der Waals surface area (Å²) >= 11 is 0. The van der Waals surface area contributed by atoms with Gasteiger partial charge in [-0.15, -0.1) is 0 Å². The van der Waals surface area contributed by atoms with Crippen molar-refractivity contribution >= 4 is 11.8 Å². The van der Waals surface area contributed by atoms with Gasteiger partial charge >= 0.3 is 5.97 Å². The minimum atomic E-state index is -0.717. The van der Waals surface area contributed by atoms with Gasteiger partial charge in [0.05, 0.1) is 5.92 Å². The van der Waals surface area contributed by atoms with E-state index >= 15 is 0 Å². The number of unbranched alkanes of at least 4 members (excludes halogenated alkanes) is 1. The Morgan fingerprint density at radius 2 is 1.80 bits per heavy atom. The number of carboxylic acid groups (broad SMARTS) is 1. The molecule has 3 heteroatoms. The zero-order valence-corrected chi connectivity index (χ0v) is 9.95. The maximum Gasteiger partial charge on any atom is 0.306 e. The first-order valence-corrected chi connectivity index (χ1v) is 5.65. The summed E-state index contributed by atoms with van der Waals surface area (Å²) in [6, 6.07) is 0. The van der Waals surface area contributed by atoms with Crippen molar-refractivity contribution in [2.75, 3.05) is 0 Å². The SMILES string of the molecule is CC(=O)CCCCC(C)CC(C)C(=O)O. The monoisotopic (exact) mass is 214 g/mol. The minimum absolute atomic E-state index is 0.238. The molecule has 1 N–H and O–H groups in total. The molecule has 0 rings (SSSR count). The highest BCUT2D eigenvalue weighted by molar-refractivity contribution is 5.75. The van der Waals surface area contributed by atoms with Crippen molar-refractivity contribution in [3.8, 4) is 0 Å². The average molecular weight is 214 g/mol. The predicted molar refractivity (Wildman–Crippen MR) is 59.7 cm³/mol. The van der Waals surface area contributed by atoms with Crippen LogP contribution in [0.15, 0.2) is 0 Å². The Bertz CT molecular complexity index is 211. The van der Waals surface area contributed by atoms with Gasteiger partial charge in [0.1, 0.15) is 5.78 Å². The van der Waals surface area contributed by atoms with Crippen LogP contribution in [0.1, 0.15) is 52.9 Å². The summed E-state index contributed by atoms with van der Waals surface area (Å²) in [6.45, 7) is 5.43. The maximum absolute atomic E-state index is 10.7. The molecule has 0 aliphatic rings. The molecule has 0 aliphatic heterocycles. The lowest BCUT2D eigenvalue weighted by Gasteiger charge is -2.13. The Hall–Kier alpha value is -0.860. The molecule has 0 aromatic rings. The quantitative estimate of drug-likeness (QED) is 0.632. The Labute approximate surface area is 91.9 Å². The van der Waals surface area contributed by atoms with Crippen molar-refractivity contribution in [3.63, 3.8) is 0 Å². The third-order valence-electron chi connectivity index (χ3n) is 2.65. The van der Waals surface area contributed by atoms with Gasteiger partial charge in [0, 0.05) is 6.42 Å². The van der Waals surface area contributed by atoms with Crippen molar-refractivity contribution in [1.29, 1.82) is 0 Å². The molecule has 0 saturated carbocycles. The van der Waals surface area contributed by atoms with E-state index in [4.69, 9.17) is 5.11 Å². The van der Waals surface area contributed by atoms with E-state index in [1.165, 1.54) is 0 Å². The number of rotatable bonds is 8. The molecule has 0 saturated heterocycles. The lowest BCUT2D eigenvalue weighted by atomic mass is 9.92. The minimum Gasteiger partial charge on any atom is -0.481 e. The van der Waals surface area contributed by atoms with Gasteiger partial charge < -0.3 is 9.90 Å². The van der Waals surface area contributed by atoms with Crippen molar-refractivity contribution in [2.45, 2.75) is 52.9 Å². The second kappa shape index (κ2) is 7.43. The lowest BCUT2D eigenvalue weighted by molar-refractivity contribution is -0.141. The first-order chi connectivity index (χ1) is 6.93. The number of carbonyl (C=O) groups excluding carboxylic acids is 1. The number of hydrogen-bond donors (Lipinski definition) is 1. The predicted octanol–water partition coefficient (Wildman–Crippen LogP) is 2.88. The van der Waals surface area contributed by atoms with Gasteiger partial charge in [-0.1, -0.05) is 26.7 Å². The largest absolute Gasteiger partial charge is 0.481 e. The summed E-state index contributed by atoms with van der Waals surface area (Å²) in [5.74, 6) is -0.303. The van der Waals surface area contributed by atoms with Crippen LogP contribution < -0.4 is 0 Å². The molecule has 2 unspecified atom stereocenters. The Morgan fingerprint density at radius 3 is 2.27 bits per heavy atom. The molecule has 0 aromatic carbocycles. The van der Waals surface area contributed by atoms with Crippen molar-refractivity contribution in [3.05, 3.63) is 0 Å². The molecule has 0 amide bonds. The van der Waals surface area contributed by atoms with Gasteiger partial charge in [-0.2, -0.15) is 0 Å². The molecule has 0 fully saturated rings. The van der Waals surface area contributed by atoms with E-state index in [2.05, 4.69) is 6.92 Å². The second-order valence-electron chi connectivity index (χ2n) is 4.53. The van der Waals surface area contributed by atoms with Crippen LogP contribution in [0.25, 0.3) is 0 Å². The fourth-order valence-corrected chi connectivity index (χ4v) is 1.69. The molecule has 2 atom stereocenters. The van der Waals surface area contributed by atoms with E-state index in [1.807, 2.05) is 0 Å². The summed E-state index contributed by atoms with van der Waals surface area (Å²) in [7, 11) is 0. The summed E-state index contributed by atoms with van der Waals surface area (Å²) in [5.41, 5.74) is 0. The van der Waals surface area contributed by atoms with E-state index in [0.717, 1.165) is 25.7 Å². The average Bonchev–Trinajstić information content (AvgIpc) is 2.12. The first-order valence-electron chi connectivity index (χ1n) is 5.65. The topological polar surface area (TPSA) is 54.4 Å². The standard InChI is InChI=1S/C12H22O3/c1-9(8-10(2)12(14)15)6-4-5-7-11(3)13/h9-10H,4-8H2,1-3H3,(H,14,15). The molecule has 88 valence electrons. The van der Waals surface area contributed by atoms with Gasteiger partial charge in [-0.3, -0.25) is 4.79 Å². The zero-order valence-electron chi connectivity index (χ0n) is 9.95. The number of ketones is 1. The summed E-state index contributed by atoms with van der Waals surface area (Å²) in [4.78, 5) is 21.3. The van der Waals surface area contributed by atoms with Crippen LogP contribution in [0.2, 0.25) is 0 Å². The van der Waals surface area contributed by atoms with Gasteiger partial charge in [-0.05, 0) is 25.7 Å². The third kappa shape index (κ3) is 8.16. The summed E-state index contributed by atoms with van der Waals surface area (Å²) in [5, 5.41) is 8.73. The number of hydrogen-bond acceptors (Lipinski definition) is 2. The van der Waals surface area contributed by atoms with E-state index in [-0.39, 0.29) is 11.7 Å². The molecular formula is C12H22O3. The van der Waals surface area contributed by atoms with Gasteiger partial charge in [-0.25, -0.2) is 0 Å². The van der Waals surface area contributed by atoms with E-state index in [0.29, 0.717) is 12.3 Å². The van der Waals surface area contributed by atoms with Crippen LogP contribution in [-0.4, -0.2) is 16.9 Å². The molecule has 0 spiro atoms. The fourth-order valence-electron chi connectivity index (χ4n) is 1.69. The Kier molecular flexibility index (Phi) is 7.01. The van der Waals surface area contributed by atoms with Crippen LogP contribution in [0.5, 0.6) is 0 Å². The molecule has 3 nitrogen and oxygen atoms in total. The number of aliphatic carboxylic acids is 1. The normalized spacial score (nSPS) is 14.6. The highest BCUT2D eigenvalue weighted by Gasteiger charge is 2.14. The Morgan fingerprint density at radius 1 is 1.20 bits per heavy atom. The number of carbonyl (C=O) groups is 2. The van der Waals surface area contributed by atoms with Crippen LogP contribution in [0.4, 0.5) is 0 Å². The zero-order chi connectivity index (χ0) is 11.8. The third-order valence-corrected chi connectivity index (χ3v) is 2.65. The van der Waals surface area contributed by atoms with Crippen molar-refractivity contribution in [1.82, 2.24) is 0 Å². The van der Waals surface area contributed by atoms with Crippen molar-refractivity contribution in [2.24, 2.45) is 11.8 Å². The van der Waals surface area contributed by atoms with E-state index in [9.17, 15) is 9.59 Å². The van der Waals surface area contributed by atoms with E-state index in [1.54, 1.807) is 13.8 Å². The van der Waals surface area contributed by atoms with Crippen LogP contribution >= 0.6 is 0 Å². The summed E-state index contributed by atoms with van der Waals surface area (Å²) < 4.78 is 0. The molecule has 0 radical (unpaired) electrons. The molecule has 0 bridgehead atoms. The van der Waals surface area contributed by atoms with Crippen LogP contribution in [0, 0.1) is 11.8 Å². The number of carboxylic acids is 1. The highest BCUT2D eigenvalue weighted by atomic mass is 16.4. The highest BCUT2D eigenvalue weighted by Crippen LogP contribution is 2.18. The van der Waals surface area contributed by atoms with E-state index < -0.39 is 5.97 Å². The smallest absolute Gasteiger partial charge is 0.306 e. The van der Waals surface area contributed by atoms with Gasteiger partial charge in [0.2, 0.25) is 0 Å².